The number of nitrogens with one attached hydrogen (secondary N) is 3. The lowest BCUT2D eigenvalue weighted by Crippen LogP contribution is -2.30. The Morgan fingerprint density at radius 1 is 0.971 bits per heavy atom. The van der Waals surface area contributed by atoms with Gasteiger partial charge in [-0.05, 0) is 37.1 Å². The van der Waals surface area contributed by atoms with E-state index in [0.717, 1.165) is 0 Å². The van der Waals surface area contributed by atoms with Gasteiger partial charge in [-0.3, -0.25) is 14.4 Å². The van der Waals surface area contributed by atoms with Gasteiger partial charge in [-0.1, -0.05) is 11.6 Å². The van der Waals surface area contributed by atoms with Crippen LogP contribution in [0.15, 0.2) is 24.3 Å². The molecule has 3 amide bonds. The molecule has 2 aromatic rings. The molecule has 3 N–H and O–H groups in total. The Kier molecular flexibility index (Phi) is 7.03. The number of halogens is 8. The average molecular weight is 545 g/mol. The Morgan fingerprint density at radius 3 is 2.06 bits per heavy atom. The van der Waals surface area contributed by atoms with Crippen LogP contribution in [0.4, 0.5) is 39.0 Å². The standard InChI is InChI=1S/C20H13Cl3F5N3O3/c1-7-2-8(29-17(33)10-6-19(10,22)23)3-9(15(7)21)16(32)30-13-5-14(12(25)4-11(13)24)31-18(34)20(26,27)28/h2-5,10H,6H2,1H3,(H,29,33)(H,30,32)(H,31,34)/t10-/m1/s1. The lowest BCUT2D eigenvalue weighted by molar-refractivity contribution is -0.167. The number of aryl methyl sites for hydroxylation is 1. The summed E-state index contributed by atoms with van der Waals surface area (Å²) in [5, 5.41) is 5.76. The van der Waals surface area contributed by atoms with E-state index < -0.39 is 57.2 Å². The third-order valence-electron chi connectivity index (χ3n) is 4.72. The number of amides is 3. The van der Waals surface area contributed by atoms with E-state index in [1.54, 1.807) is 0 Å². The molecular weight excluding hydrogens is 532 g/mol. The van der Waals surface area contributed by atoms with Crippen LogP contribution in [0.2, 0.25) is 5.02 Å². The summed E-state index contributed by atoms with van der Waals surface area (Å²) in [7, 11) is 0. The van der Waals surface area contributed by atoms with Crippen molar-refractivity contribution in [1.82, 2.24) is 0 Å². The molecule has 0 aliphatic heterocycles. The molecule has 6 nitrogen and oxygen atoms in total. The van der Waals surface area contributed by atoms with Gasteiger partial charge in [-0.25, -0.2) is 8.78 Å². The first-order valence-corrected chi connectivity index (χ1v) is 10.4. The van der Waals surface area contributed by atoms with Gasteiger partial charge in [0, 0.05) is 11.8 Å². The summed E-state index contributed by atoms with van der Waals surface area (Å²) in [5.41, 5.74) is -1.50. The van der Waals surface area contributed by atoms with Crippen LogP contribution in [0.3, 0.4) is 0 Å². The van der Waals surface area contributed by atoms with Crippen molar-refractivity contribution in [3.63, 3.8) is 0 Å². The summed E-state index contributed by atoms with van der Waals surface area (Å²) >= 11 is 17.9. The molecule has 1 saturated carbocycles. The first-order valence-electron chi connectivity index (χ1n) is 9.27. The maximum absolute atomic E-state index is 14.2. The highest BCUT2D eigenvalue weighted by atomic mass is 35.5. The number of hydrogen-bond donors (Lipinski definition) is 3. The Morgan fingerprint density at radius 2 is 1.53 bits per heavy atom. The molecule has 182 valence electrons. The van der Waals surface area contributed by atoms with Gasteiger partial charge in [-0.15, -0.1) is 23.2 Å². The molecule has 34 heavy (non-hydrogen) atoms. The van der Waals surface area contributed by atoms with Gasteiger partial charge in [0.25, 0.3) is 5.91 Å². The third kappa shape index (κ3) is 5.70. The minimum atomic E-state index is -5.33. The zero-order chi connectivity index (χ0) is 25.6. The zero-order valence-electron chi connectivity index (χ0n) is 16.8. The van der Waals surface area contributed by atoms with E-state index >= 15 is 0 Å². The second-order valence-electron chi connectivity index (χ2n) is 7.38. The molecule has 1 fully saturated rings. The van der Waals surface area contributed by atoms with Gasteiger partial charge < -0.3 is 16.0 Å². The van der Waals surface area contributed by atoms with E-state index in [-0.39, 0.29) is 28.8 Å². The predicted octanol–water partition coefficient (Wildman–Crippen LogP) is 5.81. The van der Waals surface area contributed by atoms with Crippen LogP contribution in [0.5, 0.6) is 0 Å². The summed E-state index contributed by atoms with van der Waals surface area (Å²) in [6.07, 6.45) is -5.09. The monoisotopic (exact) mass is 543 g/mol. The Labute approximate surface area is 203 Å². The Bertz CT molecular complexity index is 1200. The maximum atomic E-state index is 14.2. The van der Waals surface area contributed by atoms with Gasteiger partial charge in [0.05, 0.1) is 27.9 Å². The molecule has 0 spiro atoms. The summed E-state index contributed by atoms with van der Waals surface area (Å²) in [5.74, 6) is -7.52. The van der Waals surface area contributed by atoms with Crippen molar-refractivity contribution in [2.45, 2.75) is 23.9 Å². The third-order valence-corrected chi connectivity index (χ3v) is 6.06. The highest BCUT2D eigenvalue weighted by molar-refractivity contribution is 6.52. The summed E-state index contributed by atoms with van der Waals surface area (Å²) in [6, 6.07) is 3.28. The molecule has 0 radical (unpaired) electrons. The highest BCUT2D eigenvalue weighted by Gasteiger charge is 2.56. The molecule has 0 heterocycles. The minimum Gasteiger partial charge on any atom is -0.326 e. The molecule has 1 atom stereocenters. The lowest BCUT2D eigenvalue weighted by Gasteiger charge is -2.14. The summed E-state index contributed by atoms with van der Waals surface area (Å²) < 4.78 is 64.2. The first-order chi connectivity index (χ1) is 15.6. The van der Waals surface area contributed by atoms with Gasteiger partial charge in [-0.2, -0.15) is 13.2 Å². The Hall–Kier alpha value is -2.63. The van der Waals surface area contributed by atoms with E-state index in [1.807, 2.05) is 0 Å². The van der Waals surface area contributed by atoms with Crippen molar-refractivity contribution in [2.75, 3.05) is 16.0 Å². The molecule has 14 heteroatoms. The van der Waals surface area contributed by atoms with Crippen LogP contribution in [0.1, 0.15) is 22.3 Å². The van der Waals surface area contributed by atoms with Crippen molar-refractivity contribution in [1.29, 1.82) is 0 Å². The largest absolute Gasteiger partial charge is 0.471 e. The molecule has 0 saturated heterocycles. The molecule has 2 aromatic carbocycles. The fraction of sp³-hybridized carbons (Fsp3) is 0.250. The molecular formula is C20H13Cl3F5N3O3. The van der Waals surface area contributed by atoms with Crippen LogP contribution in [-0.4, -0.2) is 28.2 Å². The molecule has 0 aromatic heterocycles. The minimum absolute atomic E-state index is 0.0703. The number of anilines is 3. The number of alkyl halides is 5. The van der Waals surface area contributed by atoms with Gasteiger partial charge in [0.2, 0.25) is 5.91 Å². The van der Waals surface area contributed by atoms with E-state index in [2.05, 4.69) is 10.6 Å². The number of carbonyl (C=O) groups is 3. The maximum Gasteiger partial charge on any atom is 0.471 e. The fourth-order valence-electron chi connectivity index (χ4n) is 2.86. The van der Waals surface area contributed by atoms with Crippen molar-refractivity contribution in [2.24, 2.45) is 5.92 Å². The van der Waals surface area contributed by atoms with Crippen molar-refractivity contribution in [3.8, 4) is 0 Å². The zero-order valence-corrected chi connectivity index (χ0v) is 19.1. The normalized spacial score (nSPS) is 16.6. The van der Waals surface area contributed by atoms with Crippen molar-refractivity contribution < 1.29 is 36.3 Å². The average Bonchev–Trinajstić information content (AvgIpc) is 3.35. The number of rotatable bonds is 5. The van der Waals surface area contributed by atoms with Crippen LogP contribution < -0.4 is 16.0 Å². The van der Waals surface area contributed by atoms with Gasteiger partial charge in [0.15, 0.2) is 0 Å². The van der Waals surface area contributed by atoms with E-state index in [4.69, 9.17) is 34.8 Å². The predicted molar refractivity (Wildman–Crippen MR) is 116 cm³/mol. The van der Waals surface area contributed by atoms with Crippen molar-refractivity contribution >= 4 is 69.6 Å². The molecule has 0 unspecified atom stereocenters. The lowest BCUT2D eigenvalue weighted by atomic mass is 10.1. The second kappa shape index (κ2) is 9.20. The highest BCUT2D eigenvalue weighted by Crippen LogP contribution is 2.53. The van der Waals surface area contributed by atoms with Crippen molar-refractivity contribution in [3.05, 3.63) is 52.0 Å². The first kappa shape index (κ1) is 26.0. The molecule has 0 bridgehead atoms. The quantitative estimate of drug-likeness (QED) is 0.328. The molecule has 3 rings (SSSR count). The molecule has 1 aliphatic carbocycles. The number of carbonyl (C=O) groups excluding carboxylic acids is 3. The summed E-state index contributed by atoms with van der Waals surface area (Å²) in [6.45, 7) is 1.52. The topological polar surface area (TPSA) is 87.3 Å². The van der Waals surface area contributed by atoms with E-state index in [9.17, 15) is 36.3 Å². The summed E-state index contributed by atoms with van der Waals surface area (Å²) in [4.78, 5) is 36.0. The fourth-order valence-corrected chi connectivity index (χ4v) is 3.56. The van der Waals surface area contributed by atoms with Crippen LogP contribution >= 0.6 is 34.8 Å². The van der Waals surface area contributed by atoms with E-state index in [1.165, 1.54) is 24.4 Å². The Balaban J connectivity index is 1.85. The van der Waals surface area contributed by atoms with Crippen LogP contribution in [-0.2, 0) is 9.59 Å². The van der Waals surface area contributed by atoms with E-state index in [0.29, 0.717) is 11.6 Å². The van der Waals surface area contributed by atoms with Gasteiger partial charge >= 0.3 is 12.1 Å². The number of benzene rings is 2. The van der Waals surface area contributed by atoms with Gasteiger partial charge in [0.1, 0.15) is 16.0 Å². The smallest absolute Gasteiger partial charge is 0.326 e. The second-order valence-corrected chi connectivity index (χ2v) is 9.30. The number of hydrogen-bond acceptors (Lipinski definition) is 3. The van der Waals surface area contributed by atoms with Crippen LogP contribution in [0.25, 0.3) is 0 Å². The van der Waals surface area contributed by atoms with Crippen LogP contribution in [0, 0.1) is 24.5 Å². The SMILES string of the molecule is Cc1cc(NC(=O)[C@H]2CC2(Cl)Cl)cc(C(=O)Nc2cc(NC(=O)C(F)(F)F)c(F)cc2F)c1Cl. The molecule has 1 aliphatic rings.